The molecule has 0 bridgehead atoms. The average Bonchev–Trinajstić information content (AvgIpc) is 1.97. The van der Waals surface area contributed by atoms with Crippen LogP contribution in [-0.2, 0) is 4.79 Å². The molecule has 1 atom stereocenters. The highest BCUT2D eigenvalue weighted by atomic mass is 16.3. The van der Waals surface area contributed by atoms with Crippen molar-refractivity contribution >= 4 is 5.78 Å². The summed E-state index contributed by atoms with van der Waals surface area (Å²) in [5, 5.41) is 11.8. The van der Waals surface area contributed by atoms with Crippen LogP contribution in [0.1, 0.15) is 27.7 Å². The molecule has 0 saturated carbocycles. The van der Waals surface area contributed by atoms with Gasteiger partial charge in [-0.25, -0.2) is 0 Å². The number of Topliss-reactive ketones (excluding diaryl/α,β-unsaturated/α-hetero) is 1. The average molecular weight is 173 g/mol. The first-order chi connectivity index (χ1) is 5.43. The van der Waals surface area contributed by atoms with E-state index in [1.54, 1.807) is 0 Å². The fourth-order valence-corrected chi connectivity index (χ4v) is 1.01. The Kier molecular flexibility index (Phi) is 4.42. The molecule has 0 aliphatic carbocycles. The number of aliphatic hydroxyl groups excluding tert-OH is 1. The minimum Gasteiger partial charge on any atom is -0.394 e. The van der Waals surface area contributed by atoms with E-state index in [1.165, 1.54) is 0 Å². The van der Waals surface area contributed by atoms with E-state index in [0.29, 0.717) is 6.54 Å². The predicted molar refractivity (Wildman–Crippen MR) is 49.0 cm³/mol. The molecule has 3 nitrogen and oxygen atoms in total. The zero-order chi connectivity index (χ0) is 9.78. The van der Waals surface area contributed by atoms with E-state index in [1.807, 2.05) is 27.7 Å². The van der Waals surface area contributed by atoms with Gasteiger partial charge in [0.05, 0.1) is 12.6 Å². The van der Waals surface area contributed by atoms with Gasteiger partial charge in [0.15, 0.2) is 5.78 Å². The summed E-state index contributed by atoms with van der Waals surface area (Å²) in [7, 11) is 0. The molecular weight excluding hydrogens is 154 g/mol. The second kappa shape index (κ2) is 4.58. The van der Waals surface area contributed by atoms with E-state index in [0.717, 1.165) is 0 Å². The Hall–Kier alpha value is -0.410. The van der Waals surface area contributed by atoms with Gasteiger partial charge in [-0.3, -0.25) is 4.79 Å². The molecule has 0 aromatic carbocycles. The van der Waals surface area contributed by atoms with Crippen molar-refractivity contribution in [3.05, 3.63) is 0 Å². The molecule has 72 valence electrons. The van der Waals surface area contributed by atoms with Gasteiger partial charge in [-0.2, -0.15) is 0 Å². The molecule has 0 saturated heterocycles. The molecule has 0 fully saturated rings. The Morgan fingerprint density at radius 2 is 2.00 bits per heavy atom. The van der Waals surface area contributed by atoms with Crippen molar-refractivity contribution in [1.82, 2.24) is 5.32 Å². The fraction of sp³-hybridized carbons (Fsp3) is 0.889. The van der Waals surface area contributed by atoms with Gasteiger partial charge < -0.3 is 10.4 Å². The summed E-state index contributed by atoms with van der Waals surface area (Å²) >= 11 is 0. The number of likely N-dealkylation sites (N-methyl/N-ethyl adjacent to an activating group) is 1. The van der Waals surface area contributed by atoms with E-state index >= 15 is 0 Å². The second-order valence-corrected chi connectivity index (χ2v) is 3.91. The third kappa shape index (κ3) is 3.32. The lowest BCUT2D eigenvalue weighted by molar-refractivity contribution is -0.129. The van der Waals surface area contributed by atoms with Crippen LogP contribution in [0.15, 0.2) is 0 Å². The van der Waals surface area contributed by atoms with Crippen molar-refractivity contribution in [3.63, 3.8) is 0 Å². The van der Waals surface area contributed by atoms with E-state index in [2.05, 4.69) is 5.32 Å². The van der Waals surface area contributed by atoms with Crippen LogP contribution in [0.25, 0.3) is 0 Å². The number of nitrogens with one attached hydrogen (secondary N) is 1. The maximum atomic E-state index is 11.6. The van der Waals surface area contributed by atoms with Gasteiger partial charge in [0.25, 0.3) is 0 Å². The summed E-state index contributed by atoms with van der Waals surface area (Å²) in [6.07, 6.45) is 0. The van der Waals surface area contributed by atoms with Crippen molar-refractivity contribution in [1.29, 1.82) is 0 Å². The van der Waals surface area contributed by atoms with Crippen molar-refractivity contribution in [2.24, 2.45) is 5.41 Å². The summed E-state index contributed by atoms with van der Waals surface area (Å²) in [5.41, 5.74) is -0.379. The molecule has 0 rings (SSSR count). The first-order valence-electron chi connectivity index (χ1n) is 4.32. The lowest BCUT2D eigenvalue weighted by atomic mass is 9.86. The lowest BCUT2D eigenvalue weighted by Gasteiger charge is -2.23. The molecule has 0 aliphatic heterocycles. The maximum absolute atomic E-state index is 11.6. The molecule has 0 radical (unpaired) electrons. The topological polar surface area (TPSA) is 49.3 Å². The molecule has 0 spiro atoms. The van der Waals surface area contributed by atoms with E-state index < -0.39 is 6.04 Å². The highest BCUT2D eigenvalue weighted by Gasteiger charge is 2.28. The van der Waals surface area contributed by atoms with Crippen molar-refractivity contribution < 1.29 is 9.90 Å². The molecule has 0 aliphatic rings. The Morgan fingerprint density at radius 1 is 1.50 bits per heavy atom. The largest absolute Gasteiger partial charge is 0.394 e. The van der Waals surface area contributed by atoms with Crippen LogP contribution < -0.4 is 5.32 Å². The van der Waals surface area contributed by atoms with Gasteiger partial charge in [-0.05, 0) is 6.54 Å². The van der Waals surface area contributed by atoms with Crippen molar-refractivity contribution in [2.45, 2.75) is 33.7 Å². The fourth-order valence-electron chi connectivity index (χ4n) is 1.01. The second-order valence-electron chi connectivity index (χ2n) is 3.91. The third-order valence-corrected chi connectivity index (χ3v) is 1.69. The number of rotatable bonds is 4. The van der Waals surface area contributed by atoms with Crippen molar-refractivity contribution in [2.75, 3.05) is 13.2 Å². The summed E-state index contributed by atoms with van der Waals surface area (Å²) < 4.78 is 0. The van der Waals surface area contributed by atoms with Gasteiger partial charge in [0, 0.05) is 5.41 Å². The lowest BCUT2D eigenvalue weighted by Crippen LogP contribution is -2.45. The van der Waals surface area contributed by atoms with Crippen LogP contribution in [0.3, 0.4) is 0 Å². The summed E-state index contributed by atoms with van der Waals surface area (Å²) in [6.45, 7) is 8.07. The van der Waals surface area contributed by atoms with E-state index in [-0.39, 0.29) is 17.8 Å². The SMILES string of the molecule is CCN[C@@H](CO)C(=O)C(C)(C)C. The molecule has 3 heteroatoms. The molecule has 12 heavy (non-hydrogen) atoms. The highest BCUT2D eigenvalue weighted by Crippen LogP contribution is 2.16. The minimum atomic E-state index is -0.407. The molecule has 0 heterocycles. The molecule has 0 aromatic heterocycles. The zero-order valence-electron chi connectivity index (χ0n) is 8.35. The number of carbonyl (C=O) groups excluding carboxylic acids is 1. The molecule has 2 N–H and O–H groups in total. The Bertz CT molecular complexity index is 149. The van der Waals surface area contributed by atoms with Crippen LogP contribution in [0.5, 0.6) is 0 Å². The Morgan fingerprint density at radius 3 is 2.25 bits per heavy atom. The van der Waals surface area contributed by atoms with Crippen molar-refractivity contribution in [3.8, 4) is 0 Å². The highest BCUT2D eigenvalue weighted by molar-refractivity contribution is 5.88. The van der Waals surface area contributed by atoms with Gasteiger partial charge in [-0.1, -0.05) is 27.7 Å². The van der Waals surface area contributed by atoms with E-state index in [4.69, 9.17) is 5.11 Å². The van der Waals surface area contributed by atoms with Gasteiger partial charge in [0.2, 0.25) is 0 Å². The van der Waals surface area contributed by atoms with Gasteiger partial charge in [0.1, 0.15) is 0 Å². The third-order valence-electron chi connectivity index (χ3n) is 1.69. The number of aliphatic hydroxyl groups is 1. The molecule has 0 amide bonds. The van der Waals surface area contributed by atoms with Crippen LogP contribution in [-0.4, -0.2) is 30.1 Å². The number of hydrogen-bond donors (Lipinski definition) is 2. The Balaban J connectivity index is 4.22. The quantitative estimate of drug-likeness (QED) is 0.653. The van der Waals surface area contributed by atoms with Crippen LogP contribution >= 0.6 is 0 Å². The van der Waals surface area contributed by atoms with Gasteiger partial charge >= 0.3 is 0 Å². The zero-order valence-corrected chi connectivity index (χ0v) is 8.35. The standard InChI is InChI=1S/C9H19NO2/c1-5-10-7(6-11)8(12)9(2,3)4/h7,10-11H,5-6H2,1-4H3/t7-/m0/s1. The predicted octanol–water partition coefficient (Wildman–Crippen LogP) is 0.572. The summed E-state index contributed by atoms with van der Waals surface area (Å²) in [6, 6.07) is -0.407. The number of hydrogen-bond acceptors (Lipinski definition) is 3. The van der Waals surface area contributed by atoms with Crippen LogP contribution in [0.4, 0.5) is 0 Å². The number of carbonyl (C=O) groups is 1. The van der Waals surface area contributed by atoms with Crippen LogP contribution in [0.2, 0.25) is 0 Å². The first kappa shape index (κ1) is 11.6. The number of ketones is 1. The van der Waals surface area contributed by atoms with Gasteiger partial charge in [-0.15, -0.1) is 0 Å². The molecular formula is C9H19NO2. The molecule has 0 unspecified atom stereocenters. The smallest absolute Gasteiger partial charge is 0.157 e. The Labute approximate surface area is 74.2 Å². The molecule has 0 aromatic rings. The first-order valence-corrected chi connectivity index (χ1v) is 4.32. The summed E-state index contributed by atoms with van der Waals surface area (Å²) in [4.78, 5) is 11.6. The van der Waals surface area contributed by atoms with E-state index in [9.17, 15) is 4.79 Å². The normalized spacial score (nSPS) is 14.4. The summed E-state index contributed by atoms with van der Waals surface area (Å²) in [5.74, 6) is 0.0619. The minimum absolute atomic E-state index is 0.0619. The van der Waals surface area contributed by atoms with Crippen LogP contribution in [0, 0.1) is 5.41 Å². The monoisotopic (exact) mass is 173 g/mol. The maximum Gasteiger partial charge on any atom is 0.157 e.